The topological polar surface area (TPSA) is 43.4 Å². The Morgan fingerprint density at radius 3 is 2.31 bits per heavy atom. The molecule has 0 bridgehead atoms. The normalized spacial score (nSPS) is 11.0. The second-order valence-corrected chi connectivity index (χ2v) is 3.88. The van der Waals surface area contributed by atoms with Crippen LogP contribution in [0.5, 0.6) is 0 Å². The molecule has 72 valence electrons. The fourth-order valence-electron chi connectivity index (χ4n) is 1.10. The lowest BCUT2D eigenvalue weighted by Crippen LogP contribution is -2.18. The van der Waals surface area contributed by atoms with E-state index in [0.29, 0.717) is 19.3 Å². The molecule has 0 atom stereocenters. The molecular formula is C9H15BO3. The number of carbonyl (C=O) groups excluding carboxylic acids is 2. The van der Waals surface area contributed by atoms with Gasteiger partial charge < -0.3 is 9.53 Å². The van der Waals surface area contributed by atoms with Crippen LogP contribution in [0, 0.1) is 5.41 Å². The van der Waals surface area contributed by atoms with Crippen molar-refractivity contribution in [1.82, 2.24) is 0 Å². The van der Waals surface area contributed by atoms with Crippen molar-refractivity contribution >= 4 is 19.5 Å². The van der Waals surface area contributed by atoms with Crippen molar-refractivity contribution in [3.05, 3.63) is 0 Å². The molecule has 0 amide bonds. The molecule has 3 nitrogen and oxygen atoms in total. The summed E-state index contributed by atoms with van der Waals surface area (Å²) in [4.78, 5) is 21.4. The highest BCUT2D eigenvalue weighted by molar-refractivity contribution is 6.57. The van der Waals surface area contributed by atoms with Gasteiger partial charge in [-0.2, -0.15) is 0 Å². The molecule has 13 heavy (non-hydrogen) atoms. The van der Waals surface area contributed by atoms with Gasteiger partial charge in [-0.25, -0.2) is 0 Å². The minimum Gasteiger partial charge on any atom is -0.469 e. The molecule has 0 aromatic carbocycles. The van der Waals surface area contributed by atoms with E-state index in [1.165, 1.54) is 7.11 Å². The van der Waals surface area contributed by atoms with E-state index in [0.717, 1.165) is 0 Å². The number of methoxy groups -OCH3 is 1. The molecular weight excluding hydrogens is 167 g/mol. The zero-order valence-corrected chi connectivity index (χ0v) is 8.42. The van der Waals surface area contributed by atoms with Crippen molar-refractivity contribution in [3.63, 3.8) is 0 Å². The maximum Gasteiger partial charge on any atom is 0.305 e. The van der Waals surface area contributed by atoms with Crippen LogP contribution in [0.25, 0.3) is 0 Å². The molecule has 0 saturated heterocycles. The lowest BCUT2D eigenvalue weighted by molar-refractivity contribution is -0.141. The van der Waals surface area contributed by atoms with Crippen LogP contribution in [-0.4, -0.2) is 26.6 Å². The van der Waals surface area contributed by atoms with E-state index in [1.807, 2.05) is 13.8 Å². The predicted octanol–water partition coefficient (Wildman–Crippen LogP) is 1.05. The van der Waals surface area contributed by atoms with E-state index in [4.69, 9.17) is 7.85 Å². The highest BCUT2D eigenvalue weighted by atomic mass is 16.5. The maximum absolute atomic E-state index is 10.8. The van der Waals surface area contributed by atoms with Gasteiger partial charge in [-0.15, -0.1) is 0 Å². The van der Waals surface area contributed by atoms with E-state index in [1.54, 1.807) is 0 Å². The van der Waals surface area contributed by atoms with Crippen LogP contribution >= 0.6 is 0 Å². The lowest BCUT2D eigenvalue weighted by Gasteiger charge is -2.22. The fourth-order valence-corrected chi connectivity index (χ4v) is 1.10. The Morgan fingerprint density at radius 1 is 1.38 bits per heavy atom. The van der Waals surface area contributed by atoms with Crippen LogP contribution in [0.15, 0.2) is 0 Å². The van der Waals surface area contributed by atoms with Crippen LogP contribution < -0.4 is 0 Å². The molecule has 0 saturated carbocycles. The molecule has 0 N–H and O–H groups in total. The third-order valence-electron chi connectivity index (χ3n) is 1.89. The van der Waals surface area contributed by atoms with Gasteiger partial charge in [0.1, 0.15) is 0 Å². The Balaban J connectivity index is 3.88. The molecule has 0 rings (SSSR count). The third kappa shape index (κ3) is 6.37. The third-order valence-corrected chi connectivity index (χ3v) is 1.89. The van der Waals surface area contributed by atoms with Gasteiger partial charge in [-0.05, 0) is 11.8 Å². The summed E-state index contributed by atoms with van der Waals surface area (Å²) in [6.07, 6.45) is 1.24. The standard InChI is InChI=1S/C9H15BO3/c1-9(2,6-7(10)11)5-4-8(12)13-3/h4-6H2,1-3H3. The van der Waals surface area contributed by atoms with E-state index in [-0.39, 0.29) is 17.1 Å². The van der Waals surface area contributed by atoms with Crippen molar-refractivity contribution in [2.45, 2.75) is 33.1 Å². The summed E-state index contributed by atoms with van der Waals surface area (Å²) < 4.78 is 4.50. The van der Waals surface area contributed by atoms with Crippen LogP contribution in [-0.2, 0) is 14.3 Å². The van der Waals surface area contributed by atoms with Gasteiger partial charge in [0.15, 0.2) is 7.85 Å². The number of hydrogen-bond acceptors (Lipinski definition) is 3. The van der Waals surface area contributed by atoms with Crippen LogP contribution in [0.4, 0.5) is 0 Å². The minimum absolute atomic E-state index is 0.222. The average Bonchev–Trinajstić information content (AvgIpc) is 1.98. The second kappa shape index (κ2) is 5.05. The van der Waals surface area contributed by atoms with Crippen molar-refractivity contribution < 1.29 is 14.3 Å². The Morgan fingerprint density at radius 2 is 1.92 bits per heavy atom. The number of hydrogen-bond donors (Lipinski definition) is 0. The summed E-state index contributed by atoms with van der Waals surface area (Å²) in [5.74, 6) is -0.252. The first-order valence-electron chi connectivity index (χ1n) is 4.22. The van der Waals surface area contributed by atoms with Gasteiger partial charge in [-0.3, -0.25) is 4.79 Å². The highest BCUT2D eigenvalue weighted by Crippen LogP contribution is 2.26. The summed E-state index contributed by atoms with van der Waals surface area (Å²) in [6, 6.07) is 0. The Labute approximate surface area is 80.2 Å². The largest absolute Gasteiger partial charge is 0.469 e. The number of esters is 1. The molecule has 0 heterocycles. The molecule has 4 heteroatoms. The SMILES string of the molecule is [B]C(=O)CC(C)(C)CCC(=O)OC. The van der Waals surface area contributed by atoms with E-state index >= 15 is 0 Å². The Hall–Kier alpha value is -0.795. The lowest BCUT2D eigenvalue weighted by atomic mass is 9.78. The number of carbonyl (C=O) groups is 2. The smallest absolute Gasteiger partial charge is 0.305 e. The molecule has 0 aromatic rings. The summed E-state index contributed by atoms with van der Waals surface area (Å²) in [6.45, 7) is 3.81. The highest BCUT2D eigenvalue weighted by Gasteiger charge is 2.20. The van der Waals surface area contributed by atoms with Gasteiger partial charge in [0, 0.05) is 12.8 Å². The molecule has 0 aromatic heterocycles. The van der Waals surface area contributed by atoms with Gasteiger partial charge in [0.05, 0.1) is 12.8 Å². The molecule has 2 radical (unpaired) electrons. The first-order chi connectivity index (χ1) is 5.87. The van der Waals surface area contributed by atoms with Crippen LogP contribution in [0.1, 0.15) is 33.1 Å². The quantitative estimate of drug-likeness (QED) is 0.471. The maximum atomic E-state index is 10.8. The van der Waals surface area contributed by atoms with E-state index in [9.17, 15) is 9.59 Å². The van der Waals surface area contributed by atoms with E-state index in [2.05, 4.69) is 4.74 Å². The van der Waals surface area contributed by atoms with Crippen LogP contribution in [0.2, 0.25) is 0 Å². The molecule has 0 aliphatic heterocycles. The van der Waals surface area contributed by atoms with Crippen molar-refractivity contribution in [1.29, 1.82) is 0 Å². The summed E-state index contributed by atoms with van der Waals surface area (Å²) in [7, 11) is 6.41. The molecule has 0 aliphatic carbocycles. The van der Waals surface area contributed by atoms with Crippen molar-refractivity contribution in [2.75, 3.05) is 7.11 Å². The zero-order valence-electron chi connectivity index (χ0n) is 8.42. The summed E-state index contributed by atoms with van der Waals surface area (Å²) in [5, 5.41) is 0. The molecule has 0 aliphatic rings. The molecule has 0 fully saturated rings. The first-order valence-corrected chi connectivity index (χ1v) is 4.22. The summed E-state index contributed by atoms with van der Waals surface area (Å²) >= 11 is 0. The minimum atomic E-state index is -0.338. The van der Waals surface area contributed by atoms with Gasteiger partial charge in [0.2, 0.25) is 0 Å². The predicted molar refractivity (Wildman–Crippen MR) is 50.4 cm³/mol. The number of ether oxygens (including phenoxy) is 1. The number of rotatable bonds is 5. The Bertz CT molecular complexity index is 199. The fraction of sp³-hybridized carbons (Fsp3) is 0.778. The van der Waals surface area contributed by atoms with Gasteiger partial charge in [-0.1, -0.05) is 13.8 Å². The monoisotopic (exact) mass is 182 g/mol. The first kappa shape index (κ1) is 12.2. The van der Waals surface area contributed by atoms with Crippen molar-refractivity contribution in [3.8, 4) is 0 Å². The molecule has 0 unspecified atom stereocenters. The van der Waals surface area contributed by atoms with Crippen molar-refractivity contribution in [2.24, 2.45) is 5.41 Å². The molecule has 0 spiro atoms. The Kier molecular flexibility index (Phi) is 4.74. The zero-order chi connectivity index (χ0) is 10.5. The second-order valence-electron chi connectivity index (χ2n) is 3.88. The average molecular weight is 182 g/mol. The van der Waals surface area contributed by atoms with E-state index < -0.39 is 0 Å². The van der Waals surface area contributed by atoms with Crippen LogP contribution in [0.3, 0.4) is 0 Å². The van der Waals surface area contributed by atoms with Gasteiger partial charge >= 0.3 is 5.97 Å². The van der Waals surface area contributed by atoms with Gasteiger partial charge in [0.25, 0.3) is 0 Å². The summed E-state index contributed by atoms with van der Waals surface area (Å²) in [5.41, 5.74) is -0.560.